The topological polar surface area (TPSA) is 60.9 Å². The number of aryl methyl sites for hydroxylation is 1. The summed E-state index contributed by atoms with van der Waals surface area (Å²) in [5.41, 5.74) is 1.46. The van der Waals surface area contributed by atoms with Crippen LogP contribution in [0.1, 0.15) is 18.7 Å². The first-order valence-electron chi connectivity index (χ1n) is 8.20. The molecule has 0 spiro atoms. The maximum Gasteiger partial charge on any atom is 0.283 e. The summed E-state index contributed by atoms with van der Waals surface area (Å²) < 4.78 is 7.61. The zero-order valence-corrected chi connectivity index (χ0v) is 13.0. The highest BCUT2D eigenvalue weighted by Gasteiger charge is 2.20. The molecule has 0 unspecified atom stereocenters. The molecule has 0 saturated carbocycles. The molecule has 0 aliphatic carbocycles. The lowest BCUT2D eigenvalue weighted by Gasteiger charge is -2.15. The van der Waals surface area contributed by atoms with Crippen LogP contribution in [0.2, 0.25) is 0 Å². The summed E-state index contributed by atoms with van der Waals surface area (Å²) in [6.45, 7) is 0.716. The van der Waals surface area contributed by atoms with Crippen molar-refractivity contribution < 1.29 is 4.42 Å². The number of hydrogen-bond acceptors (Lipinski definition) is 4. The first kappa shape index (κ1) is 13.5. The summed E-state index contributed by atoms with van der Waals surface area (Å²) in [5, 5.41) is 2.16. The van der Waals surface area contributed by atoms with E-state index in [1.54, 1.807) is 4.57 Å². The van der Waals surface area contributed by atoms with E-state index in [1.807, 2.05) is 42.5 Å². The van der Waals surface area contributed by atoms with E-state index in [0.717, 1.165) is 41.4 Å². The van der Waals surface area contributed by atoms with Crippen LogP contribution >= 0.6 is 0 Å². The minimum atomic E-state index is -0.0927. The molecule has 0 radical (unpaired) electrons. The lowest BCUT2D eigenvalue weighted by atomic mass is 10.0. The third-order valence-corrected chi connectivity index (χ3v) is 4.65. The summed E-state index contributed by atoms with van der Waals surface area (Å²) >= 11 is 0. The first-order valence-corrected chi connectivity index (χ1v) is 8.20. The maximum absolute atomic E-state index is 12.7. The van der Waals surface area contributed by atoms with Crippen LogP contribution in [0.3, 0.4) is 0 Å². The van der Waals surface area contributed by atoms with Crippen molar-refractivity contribution in [1.82, 2.24) is 14.5 Å². The third kappa shape index (κ3) is 1.91. The van der Waals surface area contributed by atoms with Gasteiger partial charge in [-0.05, 0) is 29.7 Å². The molecule has 24 heavy (non-hydrogen) atoms. The summed E-state index contributed by atoms with van der Waals surface area (Å²) in [5.74, 6) is 1.26. The lowest BCUT2D eigenvalue weighted by molar-refractivity contribution is 0.494. The molecule has 0 saturated heterocycles. The molecule has 118 valence electrons. The van der Waals surface area contributed by atoms with Gasteiger partial charge in [-0.1, -0.05) is 36.4 Å². The average molecular weight is 317 g/mol. The van der Waals surface area contributed by atoms with E-state index in [1.165, 1.54) is 0 Å². The van der Waals surface area contributed by atoms with Gasteiger partial charge in [0.2, 0.25) is 5.89 Å². The zero-order chi connectivity index (χ0) is 16.1. The second kappa shape index (κ2) is 5.03. The van der Waals surface area contributed by atoms with Crippen molar-refractivity contribution in [2.45, 2.75) is 25.8 Å². The lowest BCUT2D eigenvalue weighted by Crippen LogP contribution is -2.28. The summed E-state index contributed by atoms with van der Waals surface area (Å²) in [6, 6.07) is 14.1. The van der Waals surface area contributed by atoms with E-state index in [9.17, 15) is 4.79 Å². The zero-order valence-electron chi connectivity index (χ0n) is 13.0. The molecule has 5 rings (SSSR count). The largest absolute Gasteiger partial charge is 0.417 e. The van der Waals surface area contributed by atoms with Crippen LogP contribution in [-0.2, 0) is 13.0 Å². The normalized spacial score (nSPS) is 14.2. The fourth-order valence-corrected chi connectivity index (χ4v) is 3.45. The standard InChI is InChI=1S/C19H15N3O2/c23-19-16-18(20-15-10-3-4-11-22(15)19)24-17(21-16)14-9-5-7-12-6-1-2-8-13(12)14/h1-2,5-9H,3-4,10-11H2. The van der Waals surface area contributed by atoms with Crippen molar-refractivity contribution >= 4 is 22.0 Å². The highest BCUT2D eigenvalue weighted by molar-refractivity contribution is 5.95. The van der Waals surface area contributed by atoms with Gasteiger partial charge in [0.25, 0.3) is 11.3 Å². The molecule has 1 aliphatic heterocycles. The minimum Gasteiger partial charge on any atom is -0.417 e. The van der Waals surface area contributed by atoms with E-state index >= 15 is 0 Å². The van der Waals surface area contributed by atoms with Gasteiger partial charge in [-0.25, -0.2) is 4.98 Å². The van der Waals surface area contributed by atoms with Gasteiger partial charge in [-0.15, -0.1) is 0 Å². The van der Waals surface area contributed by atoms with Crippen molar-refractivity contribution in [3.63, 3.8) is 0 Å². The highest BCUT2D eigenvalue weighted by Crippen LogP contribution is 2.29. The average Bonchev–Trinajstić information content (AvgIpc) is 3.05. The molecule has 4 aromatic rings. The molecular weight excluding hydrogens is 302 g/mol. The Kier molecular flexibility index (Phi) is 2.82. The van der Waals surface area contributed by atoms with Crippen LogP contribution in [0.25, 0.3) is 33.5 Å². The third-order valence-electron chi connectivity index (χ3n) is 4.65. The molecule has 1 aliphatic rings. The van der Waals surface area contributed by atoms with Gasteiger partial charge in [0.05, 0.1) is 0 Å². The minimum absolute atomic E-state index is 0.0927. The number of aromatic nitrogens is 3. The Morgan fingerprint density at radius 1 is 1.00 bits per heavy atom. The van der Waals surface area contributed by atoms with Crippen molar-refractivity contribution in [3.05, 3.63) is 58.6 Å². The molecule has 5 nitrogen and oxygen atoms in total. The number of nitrogens with zero attached hydrogens (tertiary/aromatic N) is 3. The Morgan fingerprint density at radius 3 is 2.83 bits per heavy atom. The van der Waals surface area contributed by atoms with Crippen LogP contribution in [0.15, 0.2) is 51.7 Å². The second-order valence-electron chi connectivity index (χ2n) is 6.14. The fraction of sp³-hybridized carbons (Fsp3) is 0.211. The molecule has 0 amide bonds. The van der Waals surface area contributed by atoms with Crippen molar-refractivity contribution in [2.75, 3.05) is 0 Å². The fourth-order valence-electron chi connectivity index (χ4n) is 3.45. The molecule has 2 aromatic carbocycles. The molecule has 0 atom stereocenters. The summed E-state index contributed by atoms with van der Waals surface area (Å²) in [4.78, 5) is 21.7. The Hall–Kier alpha value is -2.95. The SMILES string of the molecule is O=c1c2nc(-c3cccc4ccccc34)oc2nc2n1CCCC2. The van der Waals surface area contributed by atoms with Crippen LogP contribution in [0.4, 0.5) is 0 Å². The predicted molar refractivity (Wildman–Crippen MR) is 91.9 cm³/mol. The van der Waals surface area contributed by atoms with Gasteiger partial charge in [0.1, 0.15) is 5.82 Å². The summed E-state index contributed by atoms with van der Waals surface area (Å²) in [6.07, 6.45) is 2.88. The van der Waals surface area contributed by atoms with Crippen molar-refractivity contribution in [3.8, 4) is 11.5 Å². The molecule has 0 fully saturated rings. The molecule has 2 aromatic heterocycles. The van der Waals surface area contributed by atoms with E-state index < -0.39 is 0 Å². The smallest absolute Gasteiger partial charge is 0.283 e. The number of benzene rings is 2. The van der Waals surface area contributed by atoms with E-state index in [0.29, 0.717) is 23.7 Å². The maximum atomic E-state index is 12.7. The second-order valence-corrected chi connectivity index (χ2v) is 6.14. The molecular formula is C19H15N3O2. The number of hydrogen-bond donors (Lipinski definition) is 0. The van der Waals surface area contributed by atoms with E-state index in [2.05, 4.69) is 9.97 Å². The first-order chi connectivity index (χ1) is 11.8. The molecule has 0 N–H and O–H groups in total. The Labute approximate surface area is 137 Å². The van der Waals surface area contributed by atoms with Crippen LogP contribution in [0, 0.1) is 0 Å². The Balaban J connectivity index is 1.79. The molecule has 3 heterocycles. The van der Waals surface area contributed by atoms with Gasteiger partial charge in [0.15, 0.2) is 5.52 Å². The van der Waals surface area contributed by atoms with Gasteiger partial charge in [0, 0.05) is 18.5 Å². The Morgan fingerprint density at radius 2 is 1.88 bits per heavy atom. The van der Waals surface area contributed by atoms with Gasteiger partial charge in [-0.2, -0.15) is 4.98 Å². The predicted octanol–water partition coefficient (Wildman–Crippen LogP) is 3.54. The van der Waals surface area contributed by atoms with E-state index in [-0.39, 0.29) is 5.56 Å². The van der Waals surface area contributed by atoms with Crippen molar-refractivity contribution in [1.29, 1.82) is 0 Å². The van der Waals surface area contributed by atoms with Crippen molar-refractivity contribution in [2.24, 2.45) is 0 Å². The van der Waals surface area contributed by atoms with Crippen LogP contribution in [0.5, 0.6) is 0 Å². The molecule has 0 bridgehead atoms. The van der Waals surface area contributed by atoms with Gasteiger partial charge in [-0.3, -0.25) is 9.36 Å². The van der Waals surface area contributed by atoms with Gasteiger partial charge >= 0.3 is 0 Å². The van der Waals surface area contributed by atoms with E-state index in [4.69, 9.17) is 4.42 Å². The number of rotatable bonds is 1. The molecule has 5 heteroatoms. The monoisotopic (exact) mass is 317 g/mol. The quantitative estimate of drug-likeness (QED) is 0.539. The highest BCUT2D eigenvalue weighted by atomic mass is 16.4. The number of oxazole rings is 1. The van der Waals surface area contributed by atoms with Crippen LogP contribution in [-0.4, -0.2) is 14.5 Å². The Bertz CT molecular complexity index is 1140. The number of fused-ring (bicyclic) bond motifs is 3. The summed E-state index contributed by atoms with van der Waals surface area (Å²) in [7, 11) is 0. The van der Waals surface area contributed by atoms with Gasteiger partial charge < -0.3 is 4.42 Å². The van der Waals surface area contributed by atoms with Crippen LogP contribution < -0.4 is 5.56 Å².